The molecule has 2 aromatic carbocycles. The molecule has 2 aromatic rings. The molecule has 0 aliphatic heterocycles. The molecule has 26 heavy (non-hydrogen) atoms. The fraction of sp³-hybridized carbons (Fsp3) is 0.400. The van der Waals surface area contributed by atoms with E-state index in [4.69, 9.17) is 4.52 Å². The molecule has 1 N–H and O–H groups in total. The minimum Gasteiger partial charge on any atom is -0.323 e. The van der Waals surface area contributed by atoms with Crippen LogP contribution in [0.15, 0.2) is 48.5 Å². The van der Waals surface area contributed by atoms with Gasteiger partial charge in [-0.3, -0.25) is 4.57 Å². The van der Waals surface area contributed by atoms with Gasteiger partial charge in [0.15, 0.2) is 0 Å². The fourth-order valence-corrected chi connectivity index (χ4v) is 5.25. The van der Waals surface area contributed by atoms with Crippen LogP contribution in [0.4, 0.5) is 8.78 Å². The molecule has 0 fully saturated rings. The first-order valence-electron chi connectivity index (χ1n) is 8.87. The zero-order chi connectivity index (χ0) is 19.2. The summed E-state index contributed by atoms with van der Waals surface area (Å²) in [6.45, 7) is 3.75. The van der Waals surface area contributed by atoms with Gasteiger partial charge in [-0.1, -0.05) is 50.5 Å². The highest BCUT2D eigenvalue weighted by Crippen LogP contribution is 2.66. The van der Waals surface area contributed by atoms with E-state index < -0.39 is 24.4 Å². The van der Waals surface area contributed by atoms with Crippen LogP contribution in [-0.4, -0.2) is 11.5 Å². The monoisotopic (exact) mass is 382 g/mol. The standard InChI is InChI=1S/C20H25F2O3P/c1-3-5-6-15-20(26(23,24)25-4-2,16-7-11-18(21)12-8-16)17-9-13-19(22)14-10-17/h7-14H,3-6,15H2,1-2H3,(H,23,24). The Morgan fingerprint density at radius 2 is 1.38 bits per heavy atom. The zero-order valence-corrected chi connectivity index (χ0v) is 16.0. The quantitative estimate of drug-likeness (QED) is 0.427. The molecule has 0 saturated carbocycles. The Hall–Kier alpha value is -1.55. The largest absolute Gasteiger partial charge is 0.342 e. The predicted molar refractivity (Wildman–Crippen MR) is 99.2 cm³/mol. The van der Waals surface area contributed by atoms with E-state index in [-0.39, 0.29) is 6.61 Å². The van der Waals surface area contributed by atoms with Crippen molar-refractivity contribution in [3.63, 3.8) is 0 Å². The Morgan fingerprint density at radius 3 is 1.77 bits per heavy atom. The molecular weight excluding hydrogens is 357 g/mol. The smallest absolute Gasteiger partial charge is 0.323 e. The van der Waals surface area contributed by atoms with Gasteiger partial charge in [0.05, 0.1) is 6.61 Å². The van der Waals surface area contributed by atoms with Crippen LogP contribution < -0.4 is 0 Å². The number of hydrogen-bond donors (Lipinski definition) is 1. The Morgan fingerprint density at radius 1 is 0.923 bits per heavy atom. The van der Waals surface area contributed by atoms with Crippen molar-refractivity contribution in [2.45, 2.75) is 44.7 Å². The lowest BCUT2D eigenvalue weighted by Gasteiger charge is -2.38. The van der Waals surface area contributed by atoms with E-state index in [0.29, 0.717) is 24.0 Å². The molecule has 1 unspecified atom stereocenters. The number of unbranched alkanes of at least 4 members (excludes halogenated alkanes) is 2. The Labute approximate surface area is 153 Å². The fourth-order valence-electron chi connectivity index (χ4n) is 3.29. The molecule has 142 valence electrons. The molecule has 0 aliphatic rings. The second-order valence-corrected chi connectivity index (χ2v) is 8.33. The number of hydrogen-bond acceptors (Lipinski definition) is 2. The molecule has 0 saturated heterocycles. The van der Waals surface area contributed by atoms with E-state index in [2.05, 4.69) is 0 Å². The van der Waals surface area contributed by atoms with Crippen molar-refractivity contribution in [3.8, 4) is 0 Å². The maximum absolute atomic E-state index is 13.5. The molecule has 6 heteroatoms. The van der Waals surface area contributed by atoms with Crippen LogP contribution in [0, 0.1) is 11.6 Å². The van der Waals surface area contributed by atoms with Gasteiger partial charge in [-0.25, -0.2) is 8.78 Å². The van der Waals surface area contributed by atoms with Crippen LogP contribution in [0.1, 0.15) is 50.7 Å². The third-order valence-electron chi connectivity index (χ3n) is 4.57. The summed E-state index contributed by atoms with van der Waals surface area (Å²) in [6.07, 6.45) is 2.83. The lowest BCUT2D eigenvalue weighted by molar-refractivity contribution is 0.247. The minimum absolute atomic E-state index is 0.0612. The summed E-state index contributed by atoms with van der Waals surface area (Å²) in [6, 6.07) is 11.1. The maximum atomic E-state index is 13.5. The van der Waals surface area contributed by atoms with Gasteiger partial charge in [0.1, 0.15) is 16.8 Å². The summed E-state index contributed by atoms with van der Waals surface area (Å²) >= 11 is 0. The van der Waals surface area contributed by atoms with Gasteiger partial charge in [0, 0.05) is 0 Å². The van der Waals surface area contributed by atoms with Crippen LogP contribution in [-0.2, 0) is 14.2 Å². The van der Waals surface area contributed by atoms with Gasteiger partial charge in [-0.15, -0.1) is 0 Å². The summed E-state index contributed by atoms with van der Waals surface area (Å²) in [4.78, 5) is 10.9. The van der Waals surface area contributed by atoms with Gasteiger partial charge >= 0.3 is 7.60 Å². The topological polar surface area (TPSA) is 46.5 Å². The molecule has 0 radical (unpaired) electrons. The van der Waals surface area contributed by atoms with Gasteiger partial charge < -0.3 is 9.42 Å². The molecule has 0 amide bonds. The molecule has 0 spiro atoms. The van der Waals surface area contributed by atoms with Gasteiger partial charge in [-0.2, -0.15) is 0 Å². The predicted octanol–water partition coefficient (Wildman–Crippen LogP) is 6.01. The van der Waals surface area contributed by atoms with Crippen molar-refractivity contribution < 1.29 is 22.8 Å². The number of rotatable bonds is 9. The molecule has 0 aliphatic carbocycles. The molecule has 0 heterocycles. The first kappa shape index (κ1) is 20.8. The average molecular weight is 382 g/mol. The van der Waals surface area contributed by atoms with Crippen molar-refractivity contribution in [2.24, 2.45) is 0 Å². The van der Waals surface area contributed by atoms with Crippen LogP contribution in [0.2, 0.25) is 0 Å². The highest BCUT2D eigenvalue weighted by atomic mass is 31.2. The molecule has 3 nitrogen and oxygen atoms in total. The van der Waals surface area contributed by atoms with Crippen molar-refractivity contribution >= 4 is 7.60 Å². The Kier molecular flexibility index (Phi) is 7.10. The summed E-state index contributed by atoms with van der Waals surface area (Å²) in [5.74, 6) is -0.862. The molecular formula is C20H25F2O3P. The van der Waals surface area contributed by atoms with E-state index in [1.807, 2.05) is 6.92 Å². The van der Waals surface area contributed by atoms with Crippen molar-refractivity contribution in [2.75, 3.05) is 6.61 Å². The maximum Gasteiger partial charge on any atom is 0.342 e. The van der Waals surface area contributed by atoms with Crippen molar-refractivity contribution in [1.29, 1.82) is 0 Å². The normalized spacial score (nSPS) is 14.2. The van der Waals surface area contributed by atoms with Gasteiger partial charge in [0.2, 0.25) is 0 Å². The van der Waals surface area contributed by atoms with E-state index in [1.165, 1.54) is 48.5 Å². The SMILES string of the molecule is CCCCCC(c1ccc(F)cc1)(c1ccc(F)cc1)P(=O)(O)OCC. The van der Waals surface area contributed by atoms with Crippen LogP contribution >= 0.6 is 7.60 Å². The number of benzene rings is 2. The third-order valence-corrected chi connectivity index (χ3v) is 6.89. The summed E-state index contributed by atoms with van der Waals surface area (Å²) in [7, 11) is -4.19. The summed E-state index contributed by atoms with van der Waals surface area (Å²) in [5, 5.41) is -1.38. The van der Waals surface area contributed by atoms with Crippen LogP contribution in [0.5, 0.6) is 0 Å². The van der Waals surface area contributed by atoms with Crippen LogP contribution in [0.25, 0.3) is 0 Å². The lowest BCUT2D eigenvalue weighted by Crippen LogP contribution is -2.29. The summed E-state index contributed by atoms with van der Waals surface area (Å²) < 4.78 is 45.6. The van der Waals surface area contributed by atoms with Crippen LogP contribution in [0.3, 0.4) is 0 Å². The zero-order valence-electron chi connectivity index (χ0n) is 15.1. The number of halogens is 2. The molecule has 0 aromatic heterocycles. The summed E-state index contributed by atoms with van der Waals surface area (Å²) in [5.41, 5.74) is 0.974. The highest BCUT2D eigenvalue weighted by molar-refractivity contribution is 7.54. The minimum atomic E-state index is -4.19. The van der Waals surface area contributed by atoms with Crippen molar-refractivity contribution in [1.82, 2.24) is 0 Å². The molecule has 2 rings (SSSR count). The Bertz CT molecular complexity index is 699. The molecule has 1 atom stereocenters. The first-order valence-corrected chi connectivity index (χ1v) is 10.4. The first-order chi connectivity index (χ1) is 12.4. The second-order valence-electron chi connectivity index (χ2n) is 6.27. The van der Waals surface area contributed by atoms with E-state index in [1.54, 1.807) is 6.92 Å². The van der Waals surface area contributed by atoms with Gasteiger partial charge in [-0.05, 0) is 48.7 Å². The van der Waals surface area contributed by atoms with Gasteiger partial charge in [0.25, 0.3) is 0 Å². The average Bonchev–Trinajstić information content (AvgIpc) is 2.60. The Balaban J connectivity index is 2.70. The highest BCUT2D eigenvalue weighted by Gasteiger charge is 2.51. The second kappa shape index (κ2) is 8.90. The molecule has 0 bridgehead atoms. The van der Waals surface area contributed by atoms with E-state index in [0.717, 1.165) is 12.8 Å². The third kappa shape index (κ3) is 4.22. The van der Waals surface area contributed by atoms with E-state index in [9.17, 15) is 18.2 Å². The van der Waals surface area contributed by atoms with E-state index >= 15 is 0 Å². The van der Waals surface area contributed by atoms with Crippen molar-refractivity contribution in [3.05, 3.63) is 71.3 Å². The lowest BCUT2D eigenvalue weighted by atomic mass is 9.85.